The first-order valence-electron chi connectivity index (χ1n) is 24.8. The van der Waals surface area contributed by atoms with Gasteiger partial charge in [-0.05, 0) is 57.8 Å². The Morgan fingerprint density at radius 3 is 1.14 bits per heavy atom. The lowest BCUT2D eigenvalue weighted by Gasteiger charge is -2.20. The minimum Gasteiger partial charge on any atom is -0.394 e. The Labute approximate surface area is 349 Å². The van der Waals surface area contributed by atoms with Gasteiger partial charge in [0.05, 0.1) is 31.3 Å². The molecule has 0 aromatic carbocycles. The van der Waals surface area contributed by atoms with E-state index in [4.69, 9.17) is 0 Å². The van der Waals surface area contributed by atoms with E-state index in [9.17, 15) is 20.1 Å². The molecule has 0 spiro atoms. The summed E-state index contributed by atoms with van der Waals surface area (Å²) in [4.78, 5) is 12.5. The lowest BCUT2D eigenvalue weighted by molar-refractivity contribution is -0.124. The lowest BCUT2D eigenvalue weighted by atomic mass is 10.0. The lowest BCUT2D eigenvalue weighted by Crippen LogP contribution is -2.45. The van der Waals surface area contributed by atoms with Crippen LogP contribution >= 0.6 is 0 Å². The van der Waals surface area contributed by atoms with Gasteiger partial charge in [-0.2, -0.15) is 0 Å². The van der Waals surface area contributed by atoms with Gasteiger partial charge in [-0.3, -0.25) is 4.79 Å². The number of hydrogen-bond donors (Lipinski definition) is 4. The van der Waals surface area contributed by atoms with Crippen LogP contribution in [-0.4, -0.2) is 46.1 Å². The third-order valence-electron chi connectivity index (χ3n) is 11.4. The molecular formula is C51H97NO4. The maximum absolute atomic E-state index is 12.5. The second-order valence-electron chi connectivity index (χ2n) is 17.1. The van der Waals surface area contributed by atoms with Crippen molar-refractivity contribution in [2.75, 3.05) is 6.61 Å². The number of rotatable bonds is 45. The second kappa shape index (κ2) is 46.3. The van der Waals surface area contributed by atoms with Gasteiger partial charge in [0.1, 0.15) is 0 Å². The molecule has 330 valence electrons. The maximum Gasteiger partial charge on any atom is 0.222 e. The van der Waals surface area contributed by atoms with E-state index in [0.29, 0.717) is 6.42 Å². The Bertz CT molecular complexity index is 870. The third kappa shape index (κ3) is 42.2. The first-order chi connectivity index (χ1) is 27.5. The molecule has 0 heterocycles. The van der Waals surface area contributed by atoms with Gasteiger partial charge in [-0.25, -0.2) is 0 Å². The summed E-state index contributed by atoms with van der Waals surface area (Å²) < 4.78 is 0. The topological polar surface area (TPSA) is 89.8 Å². The molecule has 4 N–H and O–H groups in total. The fourth-order valence-corrected chi connectivity index (χ4v) is 7.59. The quantitative estimate of drug-likeness (QED) is 0.0365. The Balaban J connectivity index is 3.66. The molecular weight excluding hydrogens is 691 g/mol. The minimum absolute atomic E-state index is 0.000850. The highest BCUT2D eigenvalue weighted by atomic mass is 16.3. The zero-order chi connectivity index (χ0) is 40.8. The van der Waals surface area contributed by atoms with E-state index in [-0.39, 0.29) is 18.9 Å². The standard InChI is InChI=1S/C51H97NO4/c1-3-5-7-9-11-13-15-17-19-21-22-23-24-25-26-27-29-31-33-35-37-39-41-43-45-50(55)49(47-53)52-51(56)46-48(54)44-42-40-38-36-34-32-30-28-20-18-16-14-12-10-8-6-4-2/h28,30,35,37,43,45,48-50,53-55H,3-27,29,31-34,36,38-42,44,46-47H2,1-2H3,(H,52,56)/b30-28-,37-35+,45-43+. The molecule has 0 bridgehead atoms. The maximum atomic E-state index is 12.5. The number of unbranched alkanes of at least 4 members (excludes halogenated alkanes) is 32. The zero-order valence-electron chi connectivity index (χ0n) is 37.5. The van der Waals surface area contributed by atoms with Crippen molar-refractivity contribution in [2.45, 2.75) is 276 Å². The molecule has 3 atom stereocenters. The smallest absolute Gasteiger partial charge is 0.222 e. The summed E-state index contributed by atoms with van der Waals surface area (Å²) in [5.41, 5.74) is 0. The molecule has 1 amide bonds. The average molecular weight is 788 g/mol. The van der Waals surface area contributed by atoms with Crippen LogP contribution in [-0.2, 0) is 4.79 Å². The van der Waals surface area contributed by atoms with Crippen molar-refractivity contribution in [2.24, 2.45) is 0 Å². The Hall–Kier alpha value is -1.43. The van der Waals surface area contributed by atoms with Gasteiger partial charge in [0.25, 0.3) is 0 Å². The summed E-state index contributed by atoms with van der Waals surface area (Å²) in [7, 11) is 0. The molecule has 0 rings (SSSR count). The number of aliphatic hydroxyl groups excluding tert-OH is 3. The molecule has 0 aromatic heterocycles. The number of carbonyl (C=O) groups is 1. The van der Waals surface area contributed by atoms with Gasteiger partial charge in [0.15, 0.2) is 0 Å². The largest absolute Gasteiger partial charge is 0.394 e. The Morgan fingerprint density at radius 2 is 0.768 bits per heavy atom. The van der Waals surface area contributed by atoms with Crippen LogP contribution in [0.3, 0.4) is 0 Å². The van der Waals surface area contributed by atoms with E-state index in [1.165, 1.54) is 186 Å². The molecule has 3 unspecified atom stereocenters. The van der Waals surface area contributed by atoms with Crippen molar-refractivity contribution in [3.05, 3.63) is 36.5 Å². The first-order valence-corrected chi connectivity index (χ1v) is 24.8. The van der Waals surface area contributed by atoms with E-state index < -0.39 is 18.2 Å². The molecule has 0 aliphatic carbocycles. The minimum atomic E-state index is -0.954. The summed E-state index contributed by atoms with van der Waals surface area (Å²) in [6, 6.07) is -0.764. The molecule has 0 aliphatic rings. The number of allylic oxidation sites excluding steroid dienone is 5. The van der Waals surface area contributed by atoms with Crippen LogP contribution in [0.15, 0.2) is 36.5 Å². The number of aliphatic hydroxyl groups is 3. The van der Waals surface area contributed by atoms with Crippen molar-refractivity contribution in [1.29, 1.82) is 0 Å². The second-order valence-corrected chi connectivity index (χ2v) is 17.1. The summed E-state index contributed by atoms with van der Waals surface area (Å²) >= 11 is 0. The van der Waals surface area contributed by atoms with Crippen LogP contribution < -0.4 is 5.32 Å². The third-order valence-corrected chi connectivity index (χ3v) is 11.4. The monoisotopic (exact) mass is 788 g/mol. The molecule has 5 nitrogen and oxygen atoms in total. The van der Waals surface area contributed by atoms with Crippen LogP contribution in [0.5, 0.6) is 0 Å². The number of amides is 1. The normalized spacial score (nSPS) is 13.7. The van der Waals surface area contributed by atoms with E-state index >= 15 is 0 Å². The molecule has 0 fully saturated rings. The number of carbonyl (C=O) groups excluding carboxylic acids is 1. The fourth-order valence-electron chi connectivity index (χ4n) is 7.59. The van der Waals surface area contributed by atoms with Gasteiger partial charge in [-0.15, -0.1) is 0 Å². The van der Waals surface area contributed by atoms with Gasteiger partial charge in [-0.1, -0.05) is 230 Å². The molecule has 56 heavy (non-hydrogen) atoms. The first kappa shape index (κ1) is 54.6. The van der Waals surface area contributed by atoms with Crippen LogP contribution in [0, 0.1) is 0 Å². The predicted octanol–water partition coefficient (Wildman–Crippen LogP) is 14.7. The molecule has 0 radical (unpaired) electrons. The van der Waals surface area contributed by atoms with Crippen molar-refractivity contribution in [1.82, 2.24) is 5.32 Å². The van der Waals surface area contributed by atoms with Gasteiger partial charge in [0, 0.05) is 0 Å². The summed E-state index contributed by atoms with van der Waals surface area (Å²) in [6.07, 6.45) is 58.8. The van der Waals surface area contributed by atoms with Gasteiger partial charge < -0.3 is 20.6 Å². The highest BCUT2D eigenvalue weighted by Gasteiger charge is 2.20. The summed E-state index contributed by atoms with van der Waals surface area (Å²) in [5.74, 6) is -0.328. The molecule has 0 aromatic rings. The molecule has 5 heteroatoms. The SMILES string of the molecule is CCCCCCCCCC/C=C\CCCCCCCC(O)CC(=O)NC(CO)C(O)/C=C/CC/C=C/CCCCCCCCCCCCCCCCCCCC. The highest BCUT2D eigenvalue weighted by molar-refractivity contribution is 5.76. The molecule has 0 saturated heterocycles. The highest BCUT2D eigenvalue weighted by Crippen LogP contribution is 2.16. The van der Waals surface area contributed by atoms with E-state index in [0.717, 1.165) is 44.9 Å². The van der Waals surface area contributed by atoms with Crippen LogP contribution in [0.2, 0.25) is 0 Å². The Morgan fingerprint density at radius 1 is 0.446 bits per heavy atom. The predicted molar refractivity (Wildman–Crippen MR) is 245 cm³/mol. The van der Waals surface area contributed by atoms with Gasteiger partial charge >= 0.3 is 0 Å². The average Bonchev–Trinajstić information content (AvgIpc) is 3.19. The van der Waals surface area contributed by atoms with Crippen LogP contribution in [0.4, 0.5) is 0 Å². The van der Waals surface area contributed by atoms with Crippen molar-refractivity contribution >= 4 is 5.91 Å². The Kier molecular flexibility index (Phi) is 45.1. The number of nitrogens with one attached hydrogen (secondary N) is 1. The molecule has 0 aliphatic heterocycles. The number of hydrogen-bond acceptors (Lipinski definition) is 4. The fraction of sp³-hybridized carbons (Fsp3) is 0.863. The molecule has 0 saturated carbocycles. The zero-order valence-corrected chi connectivity index (χ0v) is 37.5. The summed E-state index contributed by atoms with van der Waals surface area (Å²) in [6.45, 7) is 4.22. The van der Waals surface area contributed by atoms with Crippen molar-refractivity contribution < 1.29 is 20.1 Å². The van der Waals surface area contributed by atoms with Gasteiger partial charge in [0.2, 0.25) is 5.91 Å². The van der Waals surface area contributed by atoms with Crippen LogP contribution in [0.1, 0.15) is 258 Å². The van der Waals surface area contributed by atoms with Crippen molar-refractivity contribution in [3.8, 4) is 0 Å². The van der Waals surface area contributed by atoms with E-state index in [1.54, 1.807) is 6.08 Å². The van der Waals surface area contributed by atoms with E-state index in [1.807, 2.05) is 6.08 Å². The van der Waals surface area contributed by atoms with E-state index in [2.05, 4.69) is 43.5 Å². The van der Waals surface area contributed by atoms with Crippen LogP contribution in [0.25, 0.3) is 0 Å². The summed E-state index contributed by atoms with van der Waals surface area (Å²) in [5, 5.41) is 33.3. The van der Waals surface area contributed by atoms with Crippen molar-refractivity contribution in [3.63, 3.8) is 0 Å².